The lowest BCUT2D eigenvalue weighted by molar-refractivity contribution is 0.0679. The third-order valence-electron chi connectivity index (χ3n) is 4.45. The number of benzene rings is 2. The van der Waals surface area contributed by atoms with Crippen LogP contribution in [0.25, 0.3) is 10.9 Å². The maximum atomic E-state index is 12.7. The highest BCUT2D eigenvalue weighted by Gasteiger charge is 2.16. The molecule has 1 amide bonds. The highest BCUT2D eigenvalue weighted by molar-refractivity contribution is 6.08. The largest absolute Gasteiger partial charge is 0.491 e. The third-order valence-corrected chi connectivity index (χ3v) is 4.45. The molecule has 5 nitrogen and oxygen atoms in total. The van der Waals surface area contributed by atoms with Crippen LogP contribution < -0.4 is 10.1 Å². The number of rotatable bonds is 5. The van der Waals surface area contributed by atoms with E-state index in [0.717, 1.165) is 36.0 Å². The molecule has 0 spiro atoms. The van der Waals surface area contributed by atoms with Crippen molar-refractivity contribution in [3.63, 3.8) is 0 Å². The Morgan fingerprint density at radius 2 is 2.12 bits per heavy atom. The molecule has 2 aromatic carbocycles. The first kappa shape index (κ1) is 16.5. The Balaban J connectivity index is 1.48. The van der Waals surface area contributed by atoms with Crippen molar-refractivity contribution in [1.82, 2.24) is 4.98 Å². The van der Waals surface area contributed by atoms with Crippen LogP contribution in [-0.2, 0) is 4.74 Å². The van der Waals surface area contributed by atoms with Gasteiger partial charge in [0.1, 0.15) is 12.4 Å². The average molecular weight is 348 g/mol. The van der Waals surface area contributed by atoms with Crippen molar-refractivity contribution in [2.75, 3.05) is 18.5 Å². The van der Waals surface area contributed by atoms with Crippen LogP contribution in [0.1, 0.15) is 23.2 Å². The number of carbonyl (C=O) groups is 1. The molecule has 0 aliphatic carbocycles. The number of hydrogen-bond acceptors (Lipinski definition) is 4. The summed E-state index contributed by atoms with van der Waals surface area (Å²) in [6.45, 7) is 1.32. The number of hydrogen-bond donors (Lipinski definition) is 1. The van der Waals surface area contributed by atoms with Gasteiger partial charge in [-0.1, -0.05) is 12.1 Å². The minimum Gasteiger partial charge on any atom is -0.491 e. The summed E-state index contributed by atoms with van der Waals surface area (Å²) in [7, 11) is 0. The normalized spacial score (nSPS) is 16.5. The van der Waals surface area contributed by atoms with E-state index in [1.54, 1.807) is 18.3 Å². The maximum absolute atomic E-state index is 12.7. The van der Waals surface area contributed by atoms with Gasteiger partial charge in [-0.05, 0) is 55.3 Å². The van der Waals surface area contributed by atoms with E-state index in [-0.39, 0.29) is 12.0 Å². The second kappa shape index (κ2) is 7.54. The Labute approximate surface area is 152 Å². The minimum atomic E-state index is -0.177. The number of amides is 1. The quantitative estimate of drug-likeness (QED) is 0.756. The standard InChI is InChI=1S/C21H20N2O3/c24-21(23-20-10-2-9-19-18(20)8-3-11-22-19)15-5-1-6-16(13-15)26-14-17-7-4-12-25-17/h1-3,5-6,8-11,13,17H,4,7,12,14H2,(H,23,24)/t17-/m1/s1. The van der Waals surface area contributed by atoms with Crippen molar-refractivity contribution in [2.24, 2.45) is 0 Å². The van der Waals surface area contributed by atoms with Gasteiger partial charge in [0.25, 0.3) is 5.91 Å². The monoisotopic (exact) mass is 348 g/mol. The Hall–Kier alpha value is -2.92. The van der Waals surface area contributed by atoms with Gasteiger partial charge in [-0.25, -0.2) is 0 Å². The molecule has 1 saturated heterocycles. The Morgan fingerprint density at radius 1 is 1.19 bits per heavy atom. The molecule has 0 radical (unpaired) electrons. The third kappa shape index (κ3) is 3.68. The van der Waals surface area contributed by atoms with Crippen LogP contribution in [0.15, 0.2) is 60.8 Å². The first-order valence-electron chi connectivity index (χ1n) is 8.79. The van der Waals surface area contributed by atoms with Gasteiger partial charge in [-0.15, -0.1) is 0 Å². The molecule has 1 aromatic heterocycles. The van der Waals surface area contributed by atoms with Crippen LogP contribution in [0.2, 0.25) is 0 Å². The Bertz CT molecular complexity index is 915. The van der Waals surface area contributed by atoms with Crippen molar-refractivity contribution in [2.45, 2.75) is 18.9 Å². The second-order valence-electron chi connectivity index (χ2n) is 6.30. The number of aromatic nitrogens is 1. The van der Waals surface area contributed by atoms with Gasteiger partial charge < -0.3 is 14.8 Å². The van der Waals surface area contributed by atoms with Gasteiger partial charge in [0.15, 0.2) is 0 Å². The molecule has 3 aromatic rings. The molecule has 26 heavy (non-hydrogen) atoms. The van der Waals surface area contributed by atoms with E-state index in [1.807, 2.05) is 42.5 Å². The molecule has 132 valence electrons. The first-order valence-corrected chi connectivity index (χ1v) is 8.79. The van der Waals surface area contributed by atoms with Gasteiger partial charge in [0, 0.05) is 23.8 Å². The van der Waals surface area contributed by atoms with E-state index in [0.29, 0.717) is 17.9 Å². The molecule has 1 aliphatic rings. The van der Waals surface area contributed by atoms with E-state index >= 15 is 0 Å². The lowest BCUT2D eigenvalue weighted by atomic mass is 10.1. The number of pyridine rings is 1. The fraction of sp³-hybridized carbons (Fsp3) is 0.238. The maximum Gasteiger partial charge on any atom is 0.255 e. The molecular weight excluding hydrogens is 328 g/mol. The van der Waals surface area contributed by atoms with Crippen molar-refractivity contribution in [3.8, 4) is 5.75 Å². The molecule has 1 fully saturated rings. The van der Waals surface area contributed by atoms with Crippen LogP contribution in [0.5, 0.6) is 5.75 Å². The molecule has 0 saturated carbocycles. The lowest BCUT2D eigenvalue weighted by Crippen LogP contribution is -2.17. The van der Waals surface area contributed by atoms with Crippen molar-refractivity contribution in [3.05, 3.63) is 66.4 Å². The molecule has 1 N–H and O–H groups in total. The summed E-state index contributed by atoms with van der Waals surface area (Å²) >= 11 is 0. The highest BCUT2D eigenvalue weighted by Crippen LogP contribution is 2.23. The molecule has 2 heterocycles. The number of nitrogens with zero attached hydrogens (tertiary/aromatic N) is 1. The topological polar surface area (TPSA) is 60.5 Å². The van der Waals surface area contributed by atoms with Crippen molar-refractivity contribution < 1.29 is 14.3 Å². The zero-order valence-corrected chi connectivity index (χ0v) is 14.4. The van der Waals surface area contributed by atoms with Crippen molar-refractivity contribution >= 4 is 22.5 Å². The predicted octanol–water partition coefficient (Wildman–Crippen LogP) is 4.04. The molecule has 1 atom stereocenters. The summed E-state index contributed by atoms with van der Waals surface area (Å²) in [4.78, 5) is 17.0. The van der Waals surface area contributed by atoms with Crippen LogP contribution in [0.4, 0.5) is 5.69 Å². The van der Waals surface area contributed by atoms with Crippen LogP contribution >= 0.6 is 0 Å². The second-order valence-corrected chi connectivity index (χ2v) is 6.30. The number of ether oxygens (including phenoxy) is 2. The molecule has 0 unspecified atom stereocenters. The first-order chi connectivity index (χ1) is 12.8. The number of fused-ring (bicyclic) bond motifs is 1. The van der Waals surface area contributed by atoms with Crippen LogP contribution in [0, 0.1) is 0 Å². The summed E-state index contributed by atoms with van der Waals surface area (Å²) in [5, 5.41) is 3.88. The number of carbonyl (C=O) groups excluding carboxylic acids is 1. The highest BCUT2D eigenvalue weighted by atomic mass is 16.5. The van der Waals surface area contributed by atoms with E-state index in [1.165, 1.54) is 0 Å². The fourth-order valence-electron chi connectivity index (χ4n) is 3.10. The molecule has 5 heteroatoms. The summed E-state index contributed by atoms with van der Waals surface area (Å²) in [6.07, 6.45) is 3.99. The van der Waals surface area contributed by atoms with E-state index < -0.39 is 0 Å². The zero-order valence-electron chi connectivity index (χ0n) is 14.4. The van der Waals surface area contributed by atoms with E-state index in [9.17, 15) is 4.79 Å². The minimum absolute atomic E-state index is 0.149. The zero-order chi connectivity index (χ0) is 17.8. The van der Waals surface area contributed by atoms with Gasteiger partial charge in [-0.3, -0.25) is 9.78 Å². The van der Waals surface area contributed by atoms with Gasteiger partial charge in [0.2, 0.25) is 0 Å². The van der Waals surface area contributed by atoms with Crippen LogP contribution in [-0.4, -0.2) is 30.2 Å². The molecule has 1 aliphatic heterocycles. The molecule has 4 rings (SSSR count). The van der Waals surface area contributed by atoms with Crippen molar-refractivity contribution in [1.29, 1.82) is 0 Å². The average Bonchev–Trinajstić information content (AvgIpc) is 3.20. The smallest absolute Gasteiger partial charge is 0.255 e. The number of anilines is 1. The summed E-state index contributed by atoms with van der Waals surface area (Å²) in [6, 6.07) is 16.7. The van der Waals surface area contributed by atoms with Gasteiger partial charge >= 0.3 is 0 Å². The van der Waals surface area contributed by atoms with E-state index in [2.05, 4.69) is 10.3 Å². The molecule has 0 bridgehead atoms. The van der Waals surface area contributed by atoms with Crippen LogP contribution in [0.3, 0.4) is 0 Å². The lowest BCUT2D eigenvalue weighted by Gasteiger charge is -2.12. The van der Waals surface area contributed by atoms with Gasteiger partial charge in [0.05, 0.1) is 17.3 Å². The van der Waals surface area contributed by atoms with Gasteiger partial charge in [-0.2, -0.15) is 0 Å². The number of nitrogens with one attached hydrogen (secondary N) is 1. The summed E-state index contributed by atoms with van der Waals surface area (Å²) < 4.78 is 11.3. The van der Waals surface area contributed by atoms with E-state index in [4.69, 9.17) is 9.47 Å². The molecular formula is C21H20N2O3. The Kier molecular flexibility index (Phi) is 4.80. The predicted molar refractivity (Wildman–Crippen MR) is 101 cm³/mol. The summed E-state index contributed by atoms with van der Waals surface area (Å²) in [5.41, 5.74) is 2.14. The SMILES string of the molecule is O=C(Nc1cccc2ncccc12)c1cccc(OC[C@H]2CCCO2)c1. The Morgan fingerprint density at radius 3 is 3.00 bits per heavy atom. The summed E-state index contributed by atoms with van der Waals surface area (Å²) in [5.74, 6) is 0.497. The fourth-order valence-corrected chi connectivity index (χ4v) is 3.10.